The van der Waals surface area contributed by atoms with Crippen LogP contribution in [0.15, 0.2) is 42.9 Å². The molecule has 0 saturated heterocycles. The first-order valence-electron chi connectivity index (χ1n) is 8.52. The Labute approximate surface area is 161 Å². The average Bonchev–Trinajstić information content (AvgIpc) is 3.01. The van der Waals surface area contributed by atoms with E-state index in [0.717, 1.165) is 39.0 Å². The van der Waals surface area contributed by atoms with Crippen LogP contribution in [0.5, 0.6) is 0 Å². The molecule has 0 atom stereocenters. The Balaban J connectivity index is 1.75. The van der Waals surface area contributed by atoms with Crippen LogP contribution in [0, 0.1) is 3.70 Å². The van der Waals surface area contributed by atoms with Crippen LogP contribution in [0.25, 0.3) is 16.8 Å². The number of nitrogens with zero attached hydrogens (tertiary/aromatic N) is 3. The van der Waals surface area contributed by atoms with Crippen LogP contribution in [0.3, 0.4) is 0 Å². The van der Waals surface area contributed by atoms with E-state index < -0.39 is 0 Å². The summed E-state index contributed by atoms with van der Waals surface area (Å²) in [5.74, 6) is 0. The fourth-order valence-electron chi connectivity index (χ4n) is 2.78. The summed E-state index contributed by atoms with van der Waals surface area (Å²) >= 11 is 2.28. The van der Waals surface area contributed by atoms with E-state index in [0.29, 0.717) is 13.2 Å². The third-order valence-electron chi connectivity index (χ3n) is 3.96. The van der Waals surface area contributed by atoms with Gasteiger partial charge in [0.05, 0.1) is 6.20 Å². The molecule has 0 aromatic carbocycles. The van der Waals surface area contributed by atoms with Crippen molar-refractivity contribution in [1.29, 1.82) is 0 Å². The number of aryl methyl sites for hydroxylation is 1. The molecule has 25 heavy (non-hydrogen) atoms. The average molecular weight is 451 g/mol. The maximum atomic E-state index is 5.61. The minimum Gasteiger partial charge on any atom is -0.353 e. The maximum Gasteiger partial charge on any atom is 0.157 e. The fraction of sp³-hybridized carbons (Fsp3) is 0.368. The molecule has 3 aromatic rings. The highest BCUT2D eigenvalue weighted by Gasteiger charge is 2.10. The van der Waals surface area contributed by atoms with Gasteiger partial charge in [-0.15, -0.1) is 0 Å². The van der Waals surface area contributed by atoms with Crippen LogP contribution >= 0.6 is 22.6 Å². The highest BCUT2D eigenvalue weighted by Crippen LogP contribution is 2.22. The number of hydrogen-bond donors (Lipinski definition) is 0. The van der Waals surface area contributed by atoms with Crippen molar-refractivity contribution in [3.05, 3.63) is 52.3 Å². The summed E-state index contributed by atoms with van der Waals surface area (Å²) in [7, 11) is 0. The molecular weight excluding hydrogens is 429 g/mol. The van der Waals surface area contributed by atoms with Gasteiger partial charge in [-0.25, -0.2) is 4.98 Å². The smallest absolute Gasteiger partial charge is 0.157 e. The minimum absolute atomic E-state index is 0.163. The maximum absolute atomic E-state index is 5.61. The number of halogens is 1. The Morgan fingerprint density at radius 3 is 2.60 bits per heavy atom. The Morgan fingerprint density at radius 2 is 1.84 bits per heavy atom. The molecule has 0 bridgehead atoms. The lowest BCUT2D eigenvalue weighted by Crippen LogP contribution is -2.18. The van der Waals surface area contributed by atoms with Crippen molar-refractivity contribution < 1.29 is 9.47 Å². The van der Waals surface area contributed by atoms with Crippen molar-refractivity contribution in [2.24, 2.45) is 0 Å². The number of rotatable bonds is 8. The van der Waals surface area contributed by atoms with Crippen molar-refractivity contribution >= 4 is 28.2 Å². The van der Waals surface area contributed by atoms with Crippen LogP contribution in [0.1, 0.15) is 26.0 Å². The Kier molecular flexibility index (Phi) is 6.39. The first-order chi connectivity index (χ1) is 12.2. The first-order valence-corrected chi connectivity index (χ1v) is 9.60. The Bertz CT molecular complexity index is 828. The number of aromatic nitrogens is 3. The summed E-state index contributed by atoms with van der Waals surface area (Å²) in [6, 6.07) is 8.38. The second-order valence-corrected chi connectivity index (χ2v) is 6.74. The van der Waals surface area contributed by atoms with Crippen molar-refractivity contribution in [2.75, 3.05) is 13.2 Å². The standard InChI is InChI=1S/C19H22IN3O2/c1-3-24-19(25-4-2)6-5-16-11-14(7-9-21-16)15-8-10-23-17(20)13-22-18(23)12-15/h7-13,19H,3-6H2,1-2H3. The molecule has 0 aliphatic carbocycles. The predicted octanol–water partition coefficient (Wildman–Crippen LogP) is 4.33. The number of ether oxygens (including phenoxy) is 2. The van der Waals surface area contributed by atoms with Crippen LogP contribution < -0.4 is 0 Å². The molecule has 0 aliphatic rings. The lowest BCUT2D eigenvalue weighted by Gasteiger charge is -2.16. The van der Waals surface area contributed by atoms with Crippen molar-refractivity contribution in [3.8, 4) is 11.1 Å². The third-order valence-corrected chi connectivity index (χ3v) is 4.76. The van der Waals surface area contributed by atoms with Crippen LogP contribution in [0.2, 0.25) is 0 Å². The van der Waals surface area contributed by atoms with E-state index in [1.807, 2.05) is 32.3 Å². The van der Waals surface area contributed by atoms with E-state index in [-0.39, 0.29) is 6.29 Å². The van der Waals surface area contributed by atoms with Crippen molar-refractivity contribution in [2.45, 2.75) is 33.0 Å². The second-order valence-electron chi connectivity index (χ2n) is 5.64. The highest BCUT2D eigenvalue weighted by molar-refractivity contribution is 14.1. The summed E-state index contributed by atoms with van der Waals surface area (Å²) in [6.45, 7) is 5.28. The summed E-state index contributed by atoms with van der Waals surface area (Å²) in [4.78, 5) is 8.92. The Morgan fingerprint density at radius 1 is 1.08 bits per heavy atom. The van der Waals surface area contributed by atoms with Crippen molar-refractivity contribution in [3.63, 3.8) is 0 Å². The van der Waals surface area contributed by atoms with E-state index in [4.69, 9.17) is 9.47 Å². The molecule has 3 rings (SSSR count). The van der Waals surface area contributed by atoms with Gasteiger partial charge in [0.15, 0.2) is 6.29 Å². The molecule has 0 fully saturated rings. The quantitative estimate of drug-likeness (QED) is 0.378. The fourth-order valence-corrected chi connectivity index (χ4v) is 3.32. The molecule has 0 amide bonds. The second kappa shape index (κ2) is 8.73. The molecule has 5 nitrogen and oxygen atoms in total. The molecule has 0 unspecified atom stereocenters. The van der Waals surface area contributed by atoms with Gasteiger partial charge < -0.3 is 9.47 Å². The summed E-state index contributed by atoms with van der Waals surface area (Å²) in [5, 5.41) is 0. The number of hydrogen-bond acceptors (Lipinski definition) is 4. The zero-order chi connectivity index (χ0) is 17.6. The van der Waals surface area contributed by atoms with Gasteiger partial charge in [0.1, 0.15) is 9.35 Å². The van der Waals surface area contributed by atoms with E-state index in [1.54, 1.807) is 0 Å². The van der Waals surface area contributed by atoms with Crippen molar-refractivity contribution in [1.82, 2.24) is 14.4 Å². The van der Waals surface area contributed by atoms with E-state index in [2.05, 4.69) is 61.4 Å². The topological polar surface area (TPSA) is 48.7 Å². The van der Waals surface area contributed by atoms with Gasteiger partial charge in [0, 0.05) is 37.7 Å². The molecule has 132 valence electrons. The molecule has 6 heteroatoms. The number of fused-ring (bicyclic) bond motifs is 1. The molecule has 0 spiro atoms. The Hall–Kier alpha value is -1.51. The lowest BCUT2D eigenvalue weighted by atomic mass is 10.1. The molecule has 3 aromatic heterocycles. The molecule has 3 heterocycles. The van der Waals surface area contributed by atoms with Gasteiger partial charge in [0.2, 0.25) is 0 Å². The first kappa shape index (κ1) is 18.3. The zero-order valence-corrected chi connectivity index (χ0v) is 16.6. The van der Waals surface area contributed by atoms with Gasteiger partial charge in [-0.3, -0.25) is 9.38 Å². The van der Waals surface area contributed by atoms with Gasteiger partial charge >= 0.3 is 0 Å². The van der Waals surface area contributed by atoms with Crippen LogP contribution in [0.4, 0.5) is 0 Å². The van der Waals surface area contributed by atoms with Crippen LogP contribution in [-0.2, 0) is 15.9 Å². The van der Waals surface area contributed by atoms with Gasteiger partial charge in [0.25, 0.3) is 0 Å². The highest BCUT2D eigenvalue weighted by atomic mass is 127. The zero-order valence-electron chi connectivity index (χ0n) is 14.5. The van der Waals surface area contributed by atoms with Gasteiger partial charge in [-0.1, -0.05) is 0 Å². The summed E-state index contributed by atoms with van der Waals surface area (Å²) < 4.78 is 14.4. The minimum atomic E-state index is -0.163. The van der Waals surface area contributed by atoms with Gasteiger partial charge in [-0.2, -0.15) is 0 Å². The normalized spacial score (nSPS) is 11.5. The number of pyridine rings is 2. The van der Waals surface area contributed by atoms with Crippen LogP contribution in [-0.4, -0.2) is 33.9 Å². The number of imidazole rings is 1. The van der Waals surface area contributed by atoms with E-state index in [1.165, 1.54) is 0 Å². The summed E-state index contributed by atoms with van der Waals surface area (Å²) in [6.07, 6.45) is 7.25. The summed E-state index contributed by atoms with van der Waals surface area (Å²) in [5.41, 5.74) is 4.28. The molecule has 0 N–H and O–H groups in total. The molecule has 0 radical (unpaired) electrons. The third kappa shape index (κ3) is 4.56. The van der Waals surface area contributed by atoms with Gasteiger partial charge in [-0.05, 0) is 78.3 Å². The molecular formula is C19H22IN3O2. The lowest BCUT2D eigenvalue weighted by molar-refractivity contribution is -0.139. The SMILES string of the molecule is CCOC(CCc1cc(-c2ccn3c(I)cnc3c2)ccn1)OCC. The molecule has 0 saturated carbocycles. The monoisotopic (exact) mass is 451 g/mol. The predicted molar refractivity (Wildman–Crippen MR) is 107 cm³/mol. The van der Waals surface area contributed by atoms with E-state index >= 15 is 0 Å². The largest absolute Gasteiger partial charge is 0.353 e. The molecule has 0 aliphatic heterocycles. The van der Waals surface area contributed by atoms with E-state index in [9.17, 15) is 0 Å².